The van der Waals surface area contributed by atoms with Crippen molar-refractivity contribution in [1.29, 1.82) is 0 Å². The molecule has 2 rings (SSSR count). The zero-order valence-corrected chi connectivity index (χ0v) is 12.8. The van der Waals surface area contributed by atoms with Gasteiger partial charge in [-0.3, -0.25) is 0 Å². The molecule has 21 heavy (non-hydrogen) atoms. The van der Waals surface area contributed by atoms with E-state index in [-0.39, 0.29) is 19.1 Å². The third-order valence-corrected chi connectivity index (χ3v) is 3.70. The van der Waals surface area contributed by atoms with Gasteiger partial charge in [0.2, 0.25) is 0 Å². The fourth-order valence-corrected chi connectivity index (χ4v) is 2.26. The van der Waals surface area contributed by atoms with E-state index in [0.29, 0.717) is 10.2 Å². The van der Waals surface area contributed by atoms with E-state index in [9.17, 15) is 14.0 Å². The van der Waals surface area contributed by atoms with Gasteiger partial charge in [0.1, 0.15) is 18.0 Å². The van der Waals surface area contributed by atoms with Gasteiger partial charge in [-0.25, -0.2) is 14.0 Å². The lowest BCUT2D eigenvalue weighted by Gasteiger charge is -2.46. The Kier molecular flexibility index (Phi) is 4.48. The molecule has 1 heterocycles. The summed E-state index contributed by atoms with van der Waals surface area (Å²) in [5, 5.41) is 11.1. The molecular weight excluding hydrogens is 347 g/mol. The minimum absolute atomic E-state index is 0.283. The van der Waals surface area contributed by atoms with Gasteiger partial charge in [0.25, 0.3) is 0 Å². The first-order valence-corrected chi connectivity index (χ1v) is 6.95. The first kappa shape index (κ1) is 15.7. The molecule has 0 radical (unpaired) electrons. The molecule has 0 spiro atoms. The van der Waals surface area contributed by atoms with Crippen molar-refractivity contribution in [2.24, 2.45) is 0 Å². The molecule has 2 amide bonds. The molecule has 0 unspecified atom stereocenters. The Bertz CT molecular complexity index is 575. The molecule has 0 aromatic heterocycles. The van der Waals surface area contributed by atoms with Gasteiger partial charge < -0.3 is 20.1 Å². The van der Waals surface area contributed by atoms with E-state index < -0.39 is 24.0 Å². The van der Waals surface area contributed by atoms with Crippen molar-refractivity contribution in [3.8, 4) is 0 Å². The number of hydrogen-bond acceptors (Lipinski definition) is 3. The number of likely N-dealkylation sites (tertiary alicyclic amines) is 1. The number of nitrogens with zero attached hydrogens (tertiary/aromatic N) is 1. The Morgan fingerprint density at radius 1 is 1.52 bits per heavy atom. The zero-order chi connectivity index (χ0) is 15.6. The summed E-state index contributed by atoms with van der Waals surface area (Å²) in [4.78, 5) is 23.8. The Hall–Kier alpha value is -1.67. The standard InChI is InChI=1S/C13H14BrFN2O4/c1-13(21-5-11(18)19)6-17(7-13)12(20)16-8-2-3-9(14)10(15)4-8/h2-4H,5-7H2,1H3,(H,16,20)(H,18,19). The Morgan fingerprint density at radius 2 is 2.19 bits per heavy atom. The lowest BCUT2D eigenvalue weighted by molar-refractivity contribution is -0.159. The third-order valence-electron chi connectivity index (χ3n) is 3.05. The maximum atomic E-state index is 13.3. The summed E-state index contributed by atoms with van der Waals surface area (Å²) >= 11 is 3.03. The molecule has 1 saturated heterocycles. The number of carboxylic acids is 1. The molecule has 0 saturated carbocycles. The van der Waals surface area contributed by atoms with Gasteiger partial charge in [-0.1, -0.05) is 0 Å². The quantitative estimate of drug-likeness (QED) is 0.863. The molecule has 1 aliphatic heterocycles. The monoisotopic (exact) mass is 360 g/mol. The number of ether oxygens (including phenoxy) is 1. The maximum Gasteiger partial charge on any atom is 0.329 e. The van der Waals surface area contributed by atoms with Crippen LogP contribution in [0.2, 0.25) is 0 Å². The van der Waals surface area contributed by atoms with Gasteiger partial charge in [0.15, 0.2) is 0 Å². The van der Waals surface area contributed by atoms with Crippen molar-refractivity contribution < 1.29 is 23.8 Å². The van der Waals surface area contributed by atoms with E-state index in [2.05, 4.69) is 21.2 Å². The Morgan fingerprint density at radius 3 is 2.76 bits per heavy atom. The number of nitrogens with one attached hydrogen (secondary N) is 1. The van der Waals surface area contributed by atoms with E-state index in [4.69, 9.17) is 9.84 Å². The minimum Gasteiger partial charge on any atom is -0.480 e. The molecule has 8 heteroatoms. The van der Waals surface area contributed by atoms with Crippen LogP contribution in [0.15, 0.2) is 22.7 Å². The highest BCUT2D eigenvalue weighted by molar-refractivity contribution is 9.10. The number of carbonyl (C=O) groups is 2. The summed E-state index contributed by atoms with van der Waals surface area (Å²) < 4.78 is 18.9. The number of rotatable bonds is 4. The van der Waals surface area contributed by atoms with E-state index in [1.807, 2.05) is 0 Å². The minimum atomic E-state index is -1.05. The average Bonchev–Trinajstić information content (AvgIpc) is 2.37. The second-order valence-electron chi connectivity index (χ2n) is 5.05. The van der Waals surface area contributed by atoms with Crippen molar-refractivity contribution in [3.63, 3.8) is 0 Å². The number of carbonyl (C=O) groups excluding carboxylic acids is 1. The second kappa shape index (κ2) is 5.98. The number of carboxylic acid groups (broad SMARTS) is 1. The molecule has 114 valence electrons. The Balaban J connectivity index is 1.86. The van der Waals surface area contributed by atoms with Gasteiger partial charge >= 0.3 is 12.0 Å². The van der Waals surface area contributed by atoms with Gasteiger partial charge in [-0.2, -0.15) is 0 Å². The predicted octanol–water partition coefficient (Wildman–Crippen LogP) is 2.30. The molecule has 1 aromatic carbocycles. The molecule has 0 atom stereocenters. The lowest BCUT2D eigenvalue weighted by atomic mass is 9.97. The van der Waals surface area contributed by atoms with Crippen LogP contribution in [-0.2, 0) is 9.53 Å². The van der Waals surface area contributed by atoms with Gasteiger partial charge in [-0.05, 0) is 41.1 Å². The van der Waals surface area contributed by atoms with E-state index in [1.165, 1.54) is 17.0 Å². The van der Waals surface area contributed by atoms with Crippen LogP contribution in [0.4, 0.5) is 14.9 Å². The summed E-state index contributed by atoms with van der Waals surface area (Å²) in [6.07, 6.45) is 0. The molecular formula is C13H14BrFN2O4. The fourth-order valence-electron chi connectivity index (χ4n) is 2.01. The van der Waals surface area contributed by atoms with Crippen LogP contribution in [0.5, 0.6) is 0 Å². The van der Waals surface area contributed by atoms with Gasteiger partial charge in [0, 0.05) is 5.69 Å². The van der Waals surface area contributed by atoms with Crippen molar-refractivity contribution >= 4 is 33.6 Å². The summed E-state index contributed by atoms with van der Waals surface area (Å²) in [6, 6.07) is 3.90. The highest BCUT2D eigenvalue weighted by atomic mass is 79.9. The second-order valence-corrected chi connectivity index (χ2v) is 5.90. The number of anilines is 1. The molecule has 1 aliphatic rings. The number of halogens is 2. The maximum absolute atomic E-state index is 13.3. The molecule has 0 bridgehead atoms. The van der Waals surface area contributed by atoms with E-state index >= 15 is 0 Å². The van der Waals surface area contributed by atoms with Crippen LogP contribution in [0, 0.1) is 5.82 Å². The highest BCUT2D eigenvalue weighted by Gasteiger charge is 2.42. The largest absolute Gasteiger partial charge is 0.480 e. The first-order chi connectivity index (χ1) is 9.79. The van der Waals surface area contributed by atoms with Crippen LogP contribution >= 0.6 is 15.9 Å². The van der Waals surface area contributed by atoms with Crippen LogP contribution < -0.4 is 5.32 Å². The number of hydrogen-bond donors (Lipinski definition) is 2. The van der Waals surface area contributed by atoms with Crippen molar-refractivity contribution in [2.45, 2.75) is 12.5 Å². The SMILES string of the molecule is CC1(OCC(=O)O)CN(C(=O)Nc2ccc(Br)c(F)c2)C1. The summed E-state index contributed by atoms with van der Waals surface area (Å²) in [5.74, 6) is -1.52. The molecule has 1 fully saturated rings. The summed E-state index contributed by atoms with van der Waals surface area (Å²) in [5.41, 5.74) is -0.304. The Labute approximate surface area is 129 Å². The zero-order valence-electron chi connectivity index (χ0n) is 11.2. The number of amides is 2. The number of benzene rings is 1. The number of aliphatic carboxylic acids is 1. The fraction of sp³-hybridized carbons (Fsp3) is 0.385. The average molecular weight is 361 g/mol. The van der Waals surface area contributed by atoms with Crippen LogP contribution in [0.3, 0.4) is 0 Å². The van der Waals surface area contributed by atoms with Gasteiger partial charge in [-0.15, -0.1) is 0 Å². The summed E-state index contributed by atoms with van der Waals surface area (Å²) in [7, 11) is 0. The lowest BCUT2D eigenvalue weighted by Crippen LogP contribution is -2.64. The van der Waals surface area contributed by atoms with E-state index in [0.717, 1.165) is 0 Å². The number of urea groups is 1. The smallest absolute Gasteiger partial charge is 0.329 e. The third kappa shape index (κ3) is 3.92. The van der Waals surface area contributed by atoms with E-state index in [1.54, 1.807) is 13.0 Å². The normalized spacial score (nSPS) is 16.2. The van der Waals surface area contributed by atoms with Crippen LogP contribution in [-0.4, -0.2) is 47.3 Å². The van der Waals surface area contributed by atoms with Crippen molar-refractivity contribution in [1.82, 2.24) is 4.90 Å². The van der Waals surface area contributed by atoms with Crippen molar-refractivity contribution in [2.75, 3.05) is 25.0 Å². The highest BCUT2D eigenvalue weighted by Crippen LogP contribution is 2.26. The molecule has 6 nitrogen and oxygen atoms in total. The molecule has 2 N–H and O–H groups in total. The molecule has 1 aromatic rings. The van der Waals surface area contributed by atoms with Crippen LogP contribution in [0.25, 0.3) is 0 Å². The summed E-state index contributed by atoms with van der Waals surface area (Å²) in [6.45, 7) is 1.90. The molecule has 0 aliphatic carbocycles. The van der Waals surface area contributed by atoms with Crippen LogP contribution in [0.1, 0.15) is 6.92 Å². The predicted molar refractivity (Wildman–Crippen MR) is 76.7 cm³/mol. The van der Waals surface area contributed by atoms with Crippen molar-refractivity contribution in [3.05, 3.63) is 28.5 Å². The topological polar surface area (TPSA) is 78.9 Å². The van der Waals surface area contributed by atoms with Gasteiger partial charge in [0.05, 0.1) is 17.6 Å². The first-order valence-electron chi connectivity index (χ1n) is 6.16.